The summed E-state index contributed by atoms with van der Waals surface area (Å²) in [6, 6.07) is 0. The van der Waals surface area contributed by atoms with Crippen molar-refractivity contribution in [2.75, 3.05) is 18.0 Å². The molecule has 0 spiro atoms. The summed E-state index contributed by atoms with van der Waals surface area (Å²) in [7, 11) is 0. The van der Waals surface area contributed by atoms with Crippen molar-refractivity contribution >= 4 is 5.82 Å². The zero-order valence-electron chi connectivity index (χ0n) is 10.3. The molecule has 0 atom stereocenters. The molecule has 1 aliphatic heterocycles. The Morgan fingerprint density at radius 1 is 0.938 bits per heavy atom. The minimum absolute atomic E-state index is 1.20. The highest BCUT2D eigenvalue weighted by Gasteiger charge is 2.23. The summed E-state index contributed by atoms with van der Waals surface area (Å²) in [5.41, 5.74) is 5.88. The zero-order chi connectivity index (χ0) is 11.1. The van der Waals surface area contributed by atoms with Crippen LogP contribution < -0.4 is 4.90 Å². The molecule has 2 nitrogen and oxygen atoms in total. The monoisotopic (exact) mass is 216 g/mol. The molecule has 0 radical (unpaired) electrons. The van der Waals surface area contributed by atoms with Gasteiger partial charge in [0.2, 0.25) is 0 Å². The third kappa shape index (κ3) is 1.43. The van der Waals surface area contributed by atoms with Crippen LogP contribution in [0.3, 0.4) is 0 Å². The maximum Gasteiger partial charge on any atom is 0.132 e. The molecule has 0 unspecified atom stereocenters. The number of fused-ring (bicyclic) bond motifs is 1. The molecule has 2 heteroatoms. The van der Waals surface area contributed by atoms with Gasteiger partial charge in [-0.1, -0.05) is 0 Å². The molecule has 3 rings (SSSR count). The number of rotatable bonds is 1. The Hall–Kier alpha value is -1.05. The molecule has 0 saturated carbocycles. The maximum atomic E-state index is 4.85. The Labute approximate surface area is 97.7 Å². The normalized spacial score (nSPS) is 19.2. The lowest BCUT2D eigenvalue weighted by molar-refractivity contribution is 0.906. The van der Waals surface area contributed by atoms with Crippen molar-refractivity contribution in [1.29, 1.82) is 0 Å². The molecular formula is C14H20N2. The van der Waals surface area contributed by atoms with Gasteiger partial charge in [0.25, 0.3) is 0 Å². The summed E-state index contributed by atoms with van der Waals surface area (Å²) in [6.07, 6.45) is 6.50. The molecule has 1 aromatic rings. The minimum Gasteiger partial charge on any atom is -0.356 e. The van der Waals surface area contributed by atoms with E-state index in [-0.39, 0.29) is 0 Å². The van der Waals surface area contributed by atoms with E-state index in [0.717, 1.165) is 0 Å². The van der Waals surface area contributed by atoms with E-state index < -0.39 is 0 Å². The Bertz CT molecular complexity index is 417. The molecule has 0 aromatic carbocycles. The first kappa shape index (κ1) is 10.1. The van der Waals surface area contributed by atoms with Crippen LogP contribution in [0.5, 0.6) is 0 Å². The largest absolute Gasteiger partial charge is 0.356 e. The average Bonchev–Trinajstić information content (AvgIpc) is 2.92. The van der Waals surface area contributed by atoms with E-state index in [1.807, 2.05) is 0 Å². The lowest BCUT2D eigenvalue weighted by atomic mass is 10.0. The van der Waals surface area contributed by atoms with Crippen molar-refractivity contribution in [3.63, 3.8) is 0 Å². The predicted octanol–water partition coefficient (Wildman–Crippen LogP) is 2.79. The van der Waals surface area contributed by atoms with Crippen LogP contribution >= 0.6 is 0 Å². The van der Waals surface area contributed by atoms with Crippen LogP contribution in [0.1, 0.15) is 41.6 Å². The van der Waals surface area contributed by atoms with Gasteiger partial charge >= 0.3 is 0 Å². The number of aryl methyl sites for hydroxylation is 1. The summed E-state index contributed by atoms with van der Waals surface area (Å²) in [5, 5.41) is 0. The molecule has 1 fully saturated rings. The van der Waals surface area contributed by atoms with E-state index in [0.29, 0.717) is 0 Å². The SMILES string of the molecule is Cc1nc(N2CCCC2)c(C)c2c1CCC2. The fraction of sp³-hybridized carbons (Fsp3) is 0.643. The van der Waals surface area contributed by atoms with Gasteiger partial charge in [0.05, 0.1) is 0 Å². The van der Waals surface area contributed by atoms with Gasteiger partial charge in [-0.2, -0.15) is 0 Å². The van der Waals surface area contributed by atoms with Gasteiger partial charge in [-0.25, -0.2) is 4.98 Å². The highest BCUT2D eigenvalue weighted by Crippen LogP contribution is 2.33. The van der Waals surface area contributed by atoms with Crippen molar-refractivity contribution in [3.8, 4) is 0 Å². The first-order chi connectivity index (χ1) is 7.77. The minimum atomic E-state index is 1.20. The molecule has 0 bridgehead atoms. The number of nitrogens with zero attached hydrogens (tertiary/aromatic N) is 2. The molecular weight excluding hydrogens is 196 g/mol. The van der Waals surface area contributed by atoms with E-state index in [9.17, 15) is 0 Å². The lowest BCUT2D eigenvalue weighted by Crippen LogP contribution is -2.21. The molecule has 16 heavy (non-hydrogen) atoms. The molecule has 2 heterocycles. The topological polar surface area (TPSA) is 16.1 Å². The van der Waals surface area contributed by atoms with Gasteiger partial charge in [0.15, 0.2) is 0 Å². The smallest absolute Gasteiger partial charge is 0.132 e. The molecule has 1 aliphatic carbocycles. The highest BCUT2D eigenvalue weighted by atomic mass is 15.2. The van der Waals surface area contributed by atoms with E-state index in [1.165, 1.54) is 62.3 Å². The number of pyridine rings is 1. The second-order valence-electron chi connectivity index (χ2n) is 5.15. The fourth-order valence-corrected chi connectivity index (χ4v) is 3.24. The highest BCUT2D eigenvalue weighted by molar-refractivity contribution is 5.56. The van der Waals surface area contributed by atoms with Gasteiger partial charge in [0.1, 0.15) is 5.82 Å². The zero-order valence-corrected chi connectivity index (χ0v) is 10.3. The second kappa shape index (κ2) is 3.76. The second-order valence-corrected chi connectivity index (χ2v) is 5.15. The van der Waals surface area contributed by atoms with Gasteiger partial charge in [-0.05, 0) is 62.6 Å². The Balaban J connectivity index is 2.08. The van der Waals surface area contributed by atoms with Crippen molar-refractivity contribution in [1.82, 2.24) is 4.98 Å². The van der Waals surface area contributed by atoms with E-state index in [4.69, 9.17) is 4.98 Å². The summed E-state index contributed by atoms with van der Waals surface area (Å²) >= 11 is 0. The van der Waals surface area contributed by atoms with Crippen LogP contribution in [0.4, 0.5) is 5.82 Å². The van der Waals surface area contributed by atoms with Crippen LogP contribution in [0.15, 0.2) is 0 Å². The van der Waals surface area contributed by atoms with E-state index >= 15 is 0 Å². The Morgan fingerprint density at radius 2 is 1.62 bits per heavy atom. The molecule has 1 aromatic heterocycles. The summed E-state index contributed by atoms with van der Waals surface area (Å²) < 4.78 is 0. The van der Waals surface area contributed by atoms with Gasteiger partial charge in [-0.3, -0.25) is 0 Å². The van der Waals surface area contributed by atoms with E-state index in [2.05, 4.69) is 18.7 Å². The van der Waals surface area contributed by atoms with Gasteiger partial charge in [0, 0.05) is 18.8 Å². The van der Waals surface area contributed by atoms with Crippen LogP contribution in [0.2, 0.25) is 0 Å². The first-order valence-corrected chi connectivity index (χ1v) is 6.51. The van der Waals surface area contributed by atoms with E-state index in [1.54, 1.807) is 11.1 Å². The van der Waals surface area contributed by atoms with Crippen molar-refractivity contribution in [2.45, 2.75) is 46.0 Å². The lowest BCUT2D eigenvalue weighted by Gasteiger charge is -2.21. The third-order valence-electron chi connectivity index (χ3n) is 4.12. The van der Waals surface area contributed by atoms with Crippen LogP contribution in [-0.4, -0.2) is 18.1 Å². The van der Waals surface area contributed by atoms with Crippen molar-refractivity contribution in [2.24, 2.45) is 0 Å². The van der Waals surface area contributed by atoms with Crippen LogP contribution in [0.25, 0.3) is 0 Å². The van der Waals surface area contributed by atoms with Gasteiger partial charge < -0.3 is 4.90 Å². The van der Waals surface area contributed by atoms with Gasteiger partial charge in [-0.15, -0.1) is 0 Å². The fourth-order valence-electron chi connectivity index (χ4n) is 3.24. The molecule has 0 N–H and O–H groups in total. The van der Waals surface area contributed by atoms with Crippen molar-refractivity contribution < 1.29 is 0 Å². The first-order valence-electron chi connectivity index (χ1n) is 6.51. The number of hydrogen-bond donors (Lipinski definition) is 0. The molecule has 0 amide bonds. The molecule has 2 aliphatic rings. The average molecular weight is 216 g/mol. The molecule has 86 valence electrons. The summed E-state index contributed by atoms with van der Waals surface area (Å²) in [4.78, 5) is 7.33. The van der Waals surface area contributed by atoms with Crippen LogP contribution in [-0.2, 0) is 12.8 Å². The quantitative estimate of drug-likeness (QED) is 0.717. The van der Waals surface area contributed by atoms with Crippen LogP contribution in [0, 0.1) is 13.8 Å². The summed E-state index contributed by atoms with van der Waals surface area (Å²) in [5.74, 6) is 1.27. The number of anilines is 1. The standard InChI is InChI=1S/C14H20N2/c1-10-12-6-5-7-13(12)11(2)15-14(10)16-8-3-4-9-16/h3-9H2,1-2H3. The number of aromatic nitrogens is 1. The van der Waals surface area contributed by atoms with Crippen molar-refractivity contribution in [3.05, 3.63) is 22.4 Å². The summed E-state index contributed by atoms with van der Waals surface area (Å²) in [6.45, 7) is 6.85. The predicted molar refractivity (Wildman–Crippen MR) is 67.2 cm³/mol. The number of hydrogen-bond acceptors (Lipinski definition) is 2. The molecule has 1 saturated heterocycles. The maximum absolute atomic E-state index is 4.85. The Morgan fingerprint density at radius 3 is 2.38 bits per heavy atom. The Kier molecular flexibility index (Phi) is 2.38. The third-order valence-corrected chi connectivity index (χ3v) is 4.12.